The van der Waals surface area contributed by atoms with Gasteiger partial charge in [-0.1, -0.05) is 13.8 Å². The third kappa shape index (κ3) is 1.90. The van der Waals surface area contributed by atoms with Crippen LogP contribution in [0.1, 0.15) is 30.9 Å². The maximum atomic E-state index is 5.41. The van der Waals surface area contributed by atoms with Crippen LogP contribution in [0.5, 0.6) is 11.5 Å². The molecule has 0 aromatic heterocycles. The van der Waals surface area contributed by atoms with E-state index in [1.54, 1.807) is 0 Å². The number of benzene rings is 1. The van der Waals surface area contributed by atoms with Gasteiger partial charge in [-0.05, 0) is 39.0 Å². The number of halogens is 1. The van der Waals surface area contributed by atoms with Gasteiger partial charge >= 0.3 is 0 Å². The van der Waals surface area contributed by atoms with Crippen molar-refractivity contribution >= 4 is 15.9 Å². The molecule has 88 valence electrons. The van der Waals surface area contributed by atoms with Crippen LogP contribution in [0.25, 0.3) is 0 Å². The van der Waals surface area contributed by atoms with Crippen LogP contribution in [0.3, 0.4) is 0 Å². The van der Waals surface area contributed by atoms with E-state index in [4.69, 9.17) is 20.2 Å². The Balaban J connectivity index is 2.55. The summed E-state index contributed by atoms with van der Waals surface area (Å²) in [6.45, 7) is 4.85. The van der Waals surface area contributed by atoms with E-state index >= 15 is 0 Å². The van der Waals surface area contributed by atoms with Crippen LogP contribution < -0.4 is 15.4 Å². The zero-order chi connectivity index (χ0) is 11.7. The highest BCUT2D eigenvalue weighted by Gasteiger charge is 2.24. The average molecular weight is 288 g/mol. The first-order valence-electron chi connectivity index (χ1n) is 5.07. The zero-order valence-electron chi connectivity index (χ0n) is 9.25. The van der Waals surface area contributed by atoms with Crippen molar-refractivity contribution in [2.45, 2.75) is 26.4 Å². The summed E-state index contributed by atoms with van der Waals surface area (Å²) in [6, 6.07) is 1.93. The van der Waals surface area contributed by atoms with E-state index in [0.29, 0.717) is 12.5 Å². The summed E-state index contributed by atoms with van der Waals surface area (Å²) in [5.74, 6) is 7.00. The van der Waals surface area contributed by atoms with Crippen molar-refractivity contribution < 1.29 is 14.3 Å². The molecule has 0 amide bonds. The van der Waals surface area contributed by atoms with Crippen LogP contribution in [0.2, 0.25) is 0 Å². The maximum absolute atomic E-state index is 5.41. The molecule has 1 aromatic rings. The van der Waals surface area contributed by atoms with E-state index < -0.39 is 0 Å². The van der Waals surface area contributed by atoms with Crippen LogP contribution in [0, 0.1) is 0 Å². The van der Waals surface area contributed by atoms with E-state index in [1.165, 1.54) is 0 Å². The first-order valence-corrected chi connectivity index (χ1v) is 5.87. The van der Waals surface area contributed by atoms with Crippen LogP contribution in [-0.4, -0.2) is 6.79 Å². The molecule has 1 aliphatic heterocycles. The van der Waals surface area contributed by atoms with Crippen molar-refractivity contribution in [1.82, 2.24) is 0 Å². The highest BCUT2D eigenvalue weighted by molar-refractivity contribution is 9.10. The Bertz CT molecular complexity index is 407. The molecule has 16 heavy (non-hydrogen) atoms. The summed E-state index contributed by atoms with van der Waals surface area (Å²) in [7, 11) is 0. The molecular formula is C11H14BrNO3. The zero-order valence-corrected chi connectivity index (χ0v) is 10.8. The van der Waals surface area contributed by atoms with Gasteiger partial charge in [0.05, 0.1) is 11.1 Å². The summed E-state index contributed by atoms with van der Waals surface area (Å²) in [5.41, 5.74) is 2.17. The average Bonchev–Trinajstić information content (AvgIpc) is 2.65. The van der Waals surface area contributed by atoms with Crippen molar-refractivity contribution in [3.63, 3.8) is 0 Å². The van der Waals surface area contributed by atoms with Gasteiger partial charge in [-0.25, -0.2) is 5.90 Å². The third-order valence-electron chi connectivity index (χ3n) is 2.54. The van der Waals surface area contributed by atoms with Crippen LogP contribution in [0.15, 0.2) is 10.5 Å². The van der Waals surface area contributed by atoms with Gasteiger partial charge in [-0.15, -0.1) is 0 Å². The van der Waals surface area contributed by atoms with Crippen molar-refractivity contribution in [3.8, 4) is 11.5 Å². The summed E-state index contributed by atoms with van der Waals surface area (Å²) in [4.78, 5) is 4.72. The molecule has 2 rings (SSSR count). The lowest BCUT2D eigenvalue weighted by molar-refractivity contribution is 0.123. The fourth-order valence-corrected chi connectivity index (χ4v) is 2.92. The molecule has 1 aromatic carbocycles. The Morgan fingerprint density at radius 2 is 2.25 bits per heavy atom. The molecule has 0 saturated heterocycles. The first kappa shape index (κ1) is 11.7. The van der Waals surface area contributed by atoms with Gasteiger partial charge in [0.25, 0.3) is 0 Å². The lowest BCUT2D eigenvalue weighted by atomic mass is 9.97. The highest BCUT2D eigenvalue weighted by Crippen LogP contribution is 2.45. The summed E-state index contributed by atoms with van der Waals surface area (Å²) in [5, 5.41) is 0. The normalized spacial score (nSPS) is 13.6. The molecule has 0 radical (unpaired) electrons. The van der Waals surface area contributed by atoms with Crippen LogP contribution in [0.4, 0.5) is 0 Å². The minimum atomic E-state index is 0.262. The van der Waals surface area contributed by atoms with Crippen molar-refractivity contribution in [2.75, 3.05) is 6.79 Å². The topological polar surface area (TPSA) is 53.7 Å². The number of ether oxygens (including phenoxy) is 2. The summed E-state index contributed by atoms with van der Waals surface area (Å²) >= 11 is 3.55. The number of nitrogens with two attached hydrogens (primary N) is 1. The quantitative estimate of drug-likeness (QED) is 0.869. The predicted molar refractivity (Wildman–Crippen MR) is 63.3 cm³/mol. The lowest BCUT2D eigenvalue weighted by Gasteiger charge is -2.16. The van der Waals surface area contributed by atoms with E-state index in [0.717, 1.165) is 27.1 Å². The fraction of sp³-hybridized carbons (Fsp3) is 0.455. The molecule has 0 aliphatic carbocycles. The monoisotopic (exact) mass is 287 g/mol. The second-order valence-corrected chi connectivity index (χ2v) is 4.76. The molecule has 0 saturated carbocycles. The van der Waals surface area contributed by atoms with E-state index in [2.05, 4.69) is 29.8 Å². The van der Waals surface area contributed by atoms with Gasteiger partial charge in [-0.2, -0.15) is 0 Å². The lowest BCUT2D eigenvalue weighted by Crippen LogP contribution is -2.04. The summed E-state index contributed by atoms with van der Waals surface area (Å²) in [6.07, 6.45) is 0. The number of fused-ring (bicyclic) bond motifs is 1. The Kier molecular flexibility index (Phi) is 3.37. The molecule has 1 aliphatic rings. The standard InChI is InChI=1S/C11H14BrNO3/c1-6(2)9-7(4-16-13)3-8-11(10(9)12)15-5-14-8/h3,6H,4-5,13H2,1-2H3. The minimum Gasteiger partial charge on any atom is -0.454 e. The van der Waals surface area contributed by atoms with Crippen molar-refractivity contribution in [3.05, 3.63) is 21.7 Å². The van der Waals surface area contributed by atoms with Crippen molar-refractivity contribution in [2.24, 2.45) is 5.90 Å². The molecule has 0 bridgehead atoms. The van der Waals surface area contributed by atoms with Gasteiger partial charge in [0.15, 0.2) is 11.5 Å². The Hall–Kier alpha value is -0.780. The molecular weight excluding hydrogens is 274 g/mol. The van der Waals surface area contributed by atoms with Crippen LogP contribution >= 0.6 is 15.9 Å². The molecule has 0 atom stereocenters. The second-order valence-electron chi connectivity index (χ2n) is 3.96. The second kappa shape index (κ2) is 4.61. The highest BCUT2D eigenvalue weighted by atomic mass is 79.9. The van der Waals surface area contributed by atoms with Gasteiger partial charge in [-0.3, -0.25) is 4.84 Å². The predicted octanol–water partition coefficient (Wildman–Crippen LogP) is 2.69. The van der Waals surface area contributed by atoms with Crippen molar-refractivity contribution in [1.29, 1.82) is 0 Å². The molecule has 0 fully saturated rings. The van der Waals surface area contributed by atoms with Gasteiger partial charge in [0.1, 0.15) is 0 Å². The Morgan fingerprint density at radius 1 is 1.50 bits per heavy atom. The van der Waals surface area contributed by atoms with Gasteiger partial charge < -0.3 is 9.47 Å². The number of rotatable bonds is 3. The molecule has 1 heterocycles. The first-order chi connectivity index (χ1) is 7.65. The Labute approximate surface area is 103 Å². The molecule has 4 nitrogen and oxygen atoms in total. The molecule has 2 N–H and O–H groups in total. The molecule has 0 unspecified atom stereocenters. The minimum absolute atomic E-state index is 0.262. The van der Waals surface area contributed by atoms with Gasteiger partial charge in [0.2, 0.25) is 6.79 Å². The Morgan fingerprint density at radius 3 is 2.88 bits per heavy atom. The van der Waals surface area contributed by atoms with E-state index in [-0.39, 0.29) is 6.79 Å². The fourth-order valence-electron chi connectivity index (χ4n) is 1.90. The molecule has 5 heteroatoms. The van der Waals surface area contributed by atoms with Gasteiger partial charge in [0, 0.05) is 0 Å². The third-order valence-corrected chi connectivity index (χ3v) is 3.33. The van der Waals surface area contributed by atoms with E-state index in [1.807, 2.05) is 6.07 Å². The van der Waals surface area contributed by atoms with E-state index in [9.17, 15) is 0 Å². The largest absolute Gasteiger partial charge is 0.454 e. The number of hydrogen-bond acceptors (Lipinski definition) is 4. The summed E-state index contributed by atoms with van der Waals surface area (Å²) < 4.78 is 11.7. The smallest absolute Gasteiger partial charge is 0.231 e. The molecule has 0 spiro atoms. The number of hydrogen-bond donors (Lipinski definition) is 1. The van der Waals surface area contributed by atoms with Crippen LogP contribution in [-0.2, 0) is 11.4 Å². The maximum Gasteiger partial charge on any atom is 0.231 e. The SMILES string of the molecule is CC(C)c1c(CON)cc2c(c1Br)OCO2.